The quantitative estimate of drug-likeness (QED) is 0.436. The summed E-state index contributed by atoms with van der Waals surface area (Å²) in [7, 11) is -3.73. The molecule has 3 rings (SSSR count). The average molecular weight is 473 g/mol. The van der Waals surface area contributed by atoms with Gasteiger partial charge in [0.2, 0.25) is 15.9 Å². The Bertz CT molecular complexity index is 1140. The first-order valence-corrected chi connectivity index (χ1v) is 12.4. The van der Waals surface area contributed by atoms with Crippen molar-refractivity contribution >= 4 is 33.2 Å². The molecular formula is C24H25ClN2O4S. The van der Waals surface area contributed by atoms with E-state index >= 15 is 0 Å². The average Bonchev–Trinajstić information content (AvgIpc) is 2.77. The van der Waals surface area contributed by atoms with E-state index in [1.807, 2.05) is 42.5 Å². The number of carbonyl (C=O) groups is 1. The van der Waals surface area contributed by atoms with Gasteiger partial charge in [-0.2, -0.15) is 0 Å². The maximum Gasteiger partial charge on any atom is 0.240 e. The number of sulfonamides is 1. The molecule has 6 nitrogen and oxygen atoms in total. The molecule has 0 aliphatic heterocycles. The summed E-state index contributed by atoms with van der Waals surface area (Å²) in [5, 5.41) is 3.47. The molecule has 0 spiro atoms. The van der Waals surface area contributed by atoms with Gasteiger partial charge >= 0.3 is 0 Å². The van der Waals surface area contributed by atoms with E-state index in [1.54, 1.807) is 36.4 Å². The predicted molar refractivity (Wildman–Crippen MR) is 128 cm³/mol. The number of carbonyl (C=O) groups excluding carboxylic acids is 1. The van der Waals surface area contributed by atoms with Crippen molar-refractivity contribution in [2.45, 2.75) is 12.8 Å². The molecule has 3 aromatic carbocycles. The lowest BCUT2D eigenvalue weighted by molar-refractivity contribution is -0.119. The summed E-state index contributed by atoms with van der Waals surface area (Å²) in [6.07, 6.45) is 2.57. The number of nitrogens with zero attached hydrogens (tertiary/aromatic N) is 1. The van der Waals surface area contributed by atoms with Gasteiger partial charge < -0.3 is 10.1 Å². The zero-order valence-corrected chi connectivity index (χ0v) is 19.3. The van der Waals surface area contributed by atoms with Crippen LogP contribution in [0.15, 0.2) is 78.9 Å². The molecule has 0 aromatic heterocycles. The lowest BCUT2D eigenvalue weighted by Gasteiger charge is -2.24. The van der Waals surface area contributed by atoms with E-state index in [0.29, 0.717) is 28.8 Å². The standard InChI is InChI=1S/C24H25ClN2O4S/c1-32(29,30)27(18-24(28)26-17-7-8-19-13-15-20(25)16-14-19)22-11-5-6-12-23(22)31-21-9-3-2-4-10-21/h2-6,9-16H,7-8,17-18H2,1H3,(H,26,28). The highest BCUT2D eigenvalue weighted by Gasteiger charge is 2.24. The Kier molecular flexibility index (Phi) is 8.14. The molecule has 0 fully saturated rings. The van der Waals surface area contributed by atoms with Crippen LogP contribution in [0.5, 0.6) is 11.5 Å². The maximum atomic E-state index is 12.5. The minimum atomic E-state index is -3.73. The lowest BCUT2D eigenvalue weighted by atomic mass is 10.1. The van der Waals surface area contributed by atoms with Crippen molar-refractivity contribution < 1.29 is 17.9 Å². The Hall–Kier alpha value is -3.03. The molecule has 1 N–H and O–H groups in total. The van der Waals surface area contributed by atoms with Crippen molar-refractivity contribution in [1.29, 1.82) is 0 Å². The summed E-state index contributed by atoms with van der Waals surface area (Å²) in [5.41, 5.74) is 1.42. The Morgan fingerprint density at radius 1 is 0.969 bits per heavy atom. The van der Waals surface area contributed by atoms with Crippen LogP contribution in [0.25, 0.3) is 0 Å². The van der Waals surface area contributed by atoms with Gasteiger partial charge in [-0.3, -0.25) is 9.10 Å². The number of para-hydroxylation sites is 3. The summed E-state index contributed by atoms with van der Waals surface area (Å²) in [4.78, 5) is 12.5. The minimum absolute atomic E-state index is 0.301. The number of rotatable bonds is 10. The number of hydrogen-bond acceptors (Lipinski definition) is 4. The van der Waals surface area contributed by atoms with Crippen molar-refractivity contribution in [3.63, 3.8) is 0 Å². The Morgan fingerprint density at radius 2 is 1.62 bits per heavy atom. The zero-order chi connectivity index (χ0) is 23.0. The molecule has 0 unspecified atom stereocenters. The molecule has 0 radical (unpaired) electrons. The van der Waals surface area contributed by atoms with E-state index in [-0.39, 0.29) is 12.5 Å². The summed E-state index contributed by atoms with van der Waals surface area (Å²) in [5.74, 6) is 0.528. The molecule has 0 saturated heterocycles. The van der Waals surface area contributed by atoms with Crippen molar-refractivity contribution in [3.05, 3.63) is 89.4 Å². The Labute approximate surface area is 193 Å². The van der Waals surface area contributed by atoms with Gasteiger partial charge in [0.15, 0.2) is 5.75 Å². The van der Waals surface area contributed by atoms with Gasteiger partial charge in [-0.15, -0.1) is 0 Å². The third-order valence-electron chi connectivity index (χ3n) is 4.67. The van der Waals surface area contributed by atoms with Crippen LogP contribution in [0, 0.1) is 0 Å². The molecule has 0 bridgehead atoms. The van der Waals surface area contributed by atoms with Gasteiger partial charge in [0.05, 0.1) is 11.9 Å². The molecular weight excluding hydrogens is 448 g/mol. The second-order valence-corrected chi connectivity index (χ2v) is 9.58. The van der Waals surface area contributed by atoms with E-state index in [2.05, 4.69) is 5.32 Å². The minimum Gasteiger partial charge on any atom is -0.455 e. The first kappa shape index (κ1) is 23.6. The number of halogens is 1. The van der Waals surface area contributed by atoms with Crippen LogP contribution in [0.3, 0.4) is 0 Å². The van der Waals surface area contributed by atoms with E-state index in [1.165, 1.54) is 0 Å². The Balaban J connectivity index is 1.64. The number of amides is 1. The SMILES string of the molecule is CS(=O)(=O)N(CC(=O)NCCCc1ccc(Cl)cc1)c1ccccc1Oc1ccccc1. The summed E-state index contributed by atoms with van der Waals surface area (Å²) < 4.78 is 31.9. The lowest BCUT2D eigenvalue weighted by Crippen LogP contribution is -2.40. The monoisotopic (exact) mass is 472 g/mol. The number of anilines is 1. The molecule has 32 heavy (non-hydrogen) atoms. The number of hydrogen-bond donors (Lipinski definition) is 1. The third kappa shape index (κ3) is 7.00. The van der Waals surface area contributed by atoms with Crippen LogP contribution < -0.4 is 14.4 Å². The van der Waals surface area contributed by atoms with Crippen LogP contribution in [-0.4, -0.2) is 33.7 Å². The van der Waals surface area contributed by atoms with Gasteiger partial charge in [-0.25, -0.2) is 8.42 Å². The van der Waals surface area contributed by atoms with Gasteiger partial charge in [0, 0.05) is 11.6 Å². The highest BCUT2D eigenvalue weighted by Crippen LogP contribution is 2.33. The number of ether oxygens (including phenoxy) is 1. The van der Waals surface area contributed by atoms with E-state index < -0.39 is 10.0 Å². The molecule has 168 valence electrons. The van der Waals surface area contributed by atoms with Crippen molar-refractivity contribution in [2.75, 3.05) is 23.7 Å². The van der Waals surface area contributed by atoms with Gasteiger partial charge in [-0.1, -0.05) is 54.1 Å². The summed E-state index contributed by atoms with van der Waals surface area (Å²) >= 11 is 5.89. The number of nitrogens with one attached hydrogen (secondary N) is 1. The van der Waals surface area contributed by atoms with E-state index in [4.69, 9.17) is 16.3 Å². The number of aryl methyl sites for hydroxylation is 1. The van der Waals surface area contributed by atoms with Gasteiger partial charge in [0.1, 0.15) is 12.3 Å². The first-order chi connectivity index (χ1) is 15.3. The van der Waals surface area contributed by atoms with Crippen LogP contribution in [0.4, 0.5) is 5.69 Å². The van der Waals surface area contributed by atoms with Crippen molar-refractivity contribution in [1.82, 2.24) is 5.32 Å². The molecule has 0 atom stereocenters. The largest absolute Gasteiger partial charge is 0.455 e. The maximum absolute atomic E-state index is 12.5. The fourth-order valence-electron chi connectivity index (χ4n) is 3.10. The number of benzene rings is 3. The third-order valence-corrected chi connectivity index (χ3v) is 6.05. The zero-order valence-electron chi connectivity index (χ0n) is 17.7. The summed E-state index contributed by atoms with van der Waals surface area (Å²) in [6.45, 7) is 0.0934. The van der Waals surface area contributed by atoms with Crippen LogP contribution in [-0.2, 0) is 21.2 Å². The van der Waals surface area contributed by atoms with Crippen LogP contribution >= 0.6 is 11.6 Å². The smallest absolute Gasteiger partial charge is 0.240 e. The van der Waals surface area contributed by atoms with Gasteiger partial charge in [-0.05, 0) is 54.8 Å². The molecule has 0 heterocycles. The summed E-state index contributed by atoms with van der Waals surface area (Å²) in [6, 6.07) is 23.3. The highest BCUT2D eigenvalue weighted by atomic mass is 35.5. The van der Waals surface area contributed by atoms with Crippen molar-refractivity contribution in [3.8, 4) is 11.5 Å². The van der Waals surface area contributed by atoms with E-state index in [0.717, 1.165) is 29.0 Å². The molecule has 0 saturated carbocycles. The molecule has 1 amide bonds. The predicted octanol–water partition coefficient (Wildman–Crippen LogP) is 4.65. The molecule has 0 aliphatic rings. The highest BCUT2D eigenvalue weighted by molar-refractivity contribution is 7.92. The topological polar surface area (TPSA) is 75.7 Å². The first-order valence-electron chi connectivity index (χ1n) is 10.1. The molecule has 8 heteroatoms. The van der Waals surface area contributed by atoms with Crippen LogP contribution in [0.2, 0.25) is 5.02 Å². The molecule has 3 aromatic rings. The second kappa shape index (κ2) is 11.0. The fourth-order valence-corrected chi connectivity index (χ4v) is 4.09. The second-order valence-electron chi connectivity index (χ2n) is 7.23. The van der Waals surface area contributed by atoms with Crippen LogP contribution in [0.1, 0.15) is 12.0 Å². The molecule has 0 aliphatic carbocycles. The normalized spacial score (nSPS) is 11.1. The van der Waals surface area contributed by atoms with Crippen molar-refractivity contribution in [2.24, 2.45) is 0 Å². The fraction of sp³-hybridized carbons (Fsp3) is 0.208. The van der Waals surface area contributed by atoms with E-state index in [9.17, 15) is 13.2 Å². The Morgan fingerprint density at radius 3 is 2.31 bits per heavy atom. The van der Waals surface area contributed by atoms with Gasteiger partial charge in [0.25, 0.3) is 0 Å².